The third kappa shape index (κ3) is 2.41. The molecule has 2 fully saturated rings. The van der Waals surface area contributed by atoms with Crippen molar-refractivity contribution in [1.29, 1.82) is 0 Å². The van der Waals surface area contributed by atoms with E-state index in [1.165, 1.54) is 32.1 Å². The van der Waals surface area contributed by atoms with E-state index >= 15 is 0 Å². The molecule has 0 atom stereocenters. The number of piperidine rings is 1. The van der Waals surface area contributed by atoms with Crippen molar-refractivity contribution in [3.63, 3.8) is 0 Å². The van der Waals surface area contributed by atoms with Gasteiger partial charge in [0.15, 0.2) is 0 Å². The van der Waals surface area contributed by atoms with Gasteiger partial charge in [-0.3, -0.25) is 9.69 Å². The molecule has 0 unspecified atom stereocenters. The van der Waals surface area contributed by atoms with Crippen LogP contribution in [0.25, 0.3) is 0 Å². The monoisotopic (exact) mass is 209 g/mol. The van der Waals surface area contributed by atoms with Crippen molar-refractivity contribution in [1.82, 2.24) is 4.90 Å². The van der Waals surface area contributed by atoms with Crippen molar-refractivity contribution in [3.8, 4) is 0 Å². The maximum Gasteiger partial charge on any atom is 0.136 e. The molecule has 0 aromatic rings. The summed E-state index contributed by atoms with van der Waals surface area (Å²) in [7, 11) is 0. The molecule has 2 heteroatoms. The van der Waals surface area contributed by atoms with Gasteiger partial charge in [0, 0.05) is 31.0 Å². The number of nitrogens with zero attached hydrogens (tertiary/aromatic N) is 1. The largest absolute Gasteiger partial charge is 0.300 e. The molecule has 15 heavy (non-hydrogen) atoms. The molecule has 2 aliphatic rings. The van der Waals surface area contributed by atoms with Crippen LogP contribution in [0.4, 0.5) is 0 Å². The van der Waals surface area contributed by atoms with Crippen molar-refractivity contribution in [2.24, 2.45) is 0 Å². The van der Waals surface area contributed by atoms with Crippen LogP contribution >= 0.6 is 0 Å². The third-order valence-corrected chi connectivity index (χ3v) is 4.05. The molecule has 1 aliphatic carbocycles. The van der Waals surface area contributed by atoms with Gasteiger partial charge in [-0.25, -0.2) is 0 Å². The molecular weight excluding hydrogens is 186 g/mol. The highest BCUT2D eigenvalue weighted by Gasteiger charge is 2.37. The standard InChI is InChI=1S/C13H23NO/c1-13(2)10-12(15)8-9-14(13)11-6-4-3-5-7-11/h11H,3-10H2,1-2H3. The van der Waals surface area contributed by atoms with E-state index in [2.05, 4.69) is 18.7 Å². The quantitative estimate of drug-likeness (QED) is 0.662. The maximum atomic E-state index is 11.5. The van der Waals surface area contributed by atoms with Crippen LogP contribution in [0, 0.1) is 0 Å². The summed E-state index contributed by atoms with van der Waals surface area (Å²) in [5.74, 6) is 0.451. The van der Waals surface area contributed by atoms with Gasteiger partial charge >= 0.3 is 0 Å². The molecule has 1 heterocycles. The lowest BCUT2D eigenvalue weighted by Gasteiger charge is -2.47. The van der Waals surface area contributed by atoms with E-state index < -0.39 is 0 Å². The van der Waals surface area contributed by atoms with Gasteiger partial charge in [0.05, 0.1) is 0 Å². The molecule has 1 saturated heterocycles. The molecule has 0 spiro atoms. The molecule has 0 radical (unpaired) electrons. The second-order valence-corrected chi connectivity index (χ2v) is 5.76. The van der Waals surface area contributed by atoms with Crippen LogP contribution in [0.3, 0.4) is 0 Å². The SMILES string of the molecule is CC1(C)CC(=O)CCN1C1CCCCC1. The molecular formula is C13H23NO. The fourth-order valence-corrected chi connectivity index (χ4v) is 3.29. The van der Waals surface area contributed by atoms with Crippen LogP contribution in [-0.2, 0) is 4.79 Å². The fourth-order valence-electron chi connectivity index (χ4n) is 3.29. The van der Waals surface area contributed by atoms with Crippen LogP contribution in [-0.4, -0.2) is 28.8 Å². The van der Waals surface area contributed by atoms with Crippen LogP contribution in [0.2, 0.25) is 0 Å². The van der Waals surface area contributed by atoms with E-state index in [1.807, 2.05) is 0 Å². The maximum absolute atomic E-state index is 11.5. The summed E-state index contributed by atoms with van der Waals surface area (Å²) >= 11 is 0. The van der Waals surface area contributed by atoms with Crippen molar-refractivity contribution in [3.05, 3.63) is 0 Å². The van der Waals surface area contributed by atoms with Gasteiger partial charge in [0.1, 0.15) is 5.78 Å². The number of ketones is 1. The Morgan fingerprint density at radius 3 is 2.47 bits per heavy atom. The van der Waals surface area contributed by atoms with Crippen molar-refractivity contribution >= 4 is 5.78 Å². The second kappa shape index (κ2) is 4.25. The Hall–Kier alpha value is -0.370. The van der Waals surface area contributed by atoms with Crippen molar-refractivity contribution < 1.29 is 4.79 Å². The molecule has 0 aromatic carbocycles. The minimum atomic E-state index is 0.108. The van der Waals surface area contributed by atoms with Gasteiger partial charge < -0.3 is 0 Å². The van der Waals surface area contributed by atoms with E-state index in [-0.39, 0.29) is 5.54 Å². The molecule has 86 valence electrons. The first-order chi connectivity index (χ1) is 7.09. The minimum absolute atomic E-state index is 0.108. The summed E-state index contributed by atoms with van der Waals surface area (Å²) < 4.78 is 0. The fraction of sp³-hybridized carbons (Fsp3) is 0.923. The second-order valence-electron chi connectivity index (χ2n) is 5.76. The van der Waals surface area contributed by atoms with Crippen molar-refractivity contribution in [2.45, 2.75) is 70.4 Å². The van der Waals surface area contributed by atoms with E-state index in [0.29, 0.717) is 5.78 Å². The number of hydrogen-bond acceptors (Lipinski definition) is 2. The number of carbonyl (C=O) groups is 1. The lowest BCUT2D eigenvalue weighted by Crippen LogP contribution is -2.55. The summed E-state index contributed by atoms with van der Waals surface area (Å²) in [5, 5.41) is 0. The first kappa shape index (κ1) is 11.1. The first-order valence-corrected chi connectivity index (χ1v) is 6.38. The van der Waals surface area contributed by atoms with E-state index in [0.717, 1.165) is 25.4 Å². The van der Waals surface area contributed by atoms with Crippen LogP contribution in [0.15, 0.2) is 0 Å². The van der Waals surface area contributed by atoms with Crippen LogP contribution in [0.1, 0.15) is 58.8 Å². The highest BCUT2D eigenvalue weighted by atomic mass is 16.1. The van der Waals surface area contributed by atoms with E-state index in [1.54, 1.807) is 0 Å². The Morgan fingerprint density at radius 1 is 1.20 bits per heavy atom. The molecule has 2 nitrogen and oxygen atoms in total. The number of rotatable bonds is 1. The summed E-state index contributed by atoms with van der Waals surface area (Å²) in [6.45, 7) is 5.47. The minimum Gasteiger partial charge on any atom is -0.300 e. The summed E-state index contributed by atoms with van der Waals surface area (Å²) in [4.78, 5) is 14.1. The Kier molecular flexibility index (Phi) is 3.15. The van der Waals surface area contributed by atoms with Crippen molar-refractivity contribution in [2.75, 3.05) is 6.54 Å². The molecule has 1 aliphatic heterocycles. The number of hydrogen-bond donors (Lipinski definition) is 0. The number of likely N-dealkylation sites (tertiary alicyclic amines) is 1. The third-order valence-electron chi connectivity index (χ3n) is 4.05. The molecule has 0 N–H and O–H groups in total. The molecule has 0 amide bonds. The molecule has 0 bridgehead atoms. The van der Waals surface area contributed by atoms with Crippen LogP contribution < -0.4 is 0 Å². The summed E-state index contributed by atoms with van der Waals surface area (Å²) in [6.07, 6.45) is 8.39. The smallest absolute Gasteiger partial charge is 0.136 e. The molecule has 0 aromatic heterocycles. The number of carbonyl (C=O) groups excluding carboxylic acids is 1. The number of Topliss-reactive ketones (excluding diaryl/α,β-unsaturated/α-hetero) is 1. The topological polar surface area (TPSA) is 20.3 Å². The van der Waals surface area contributed by atoms with Gasteiger partial charge in [-0.1, -0.05) is 19.3 Å². The highest BCUT2D eigenvalue weighted by Crippen LogP contribution is 2.33. The van der Waals surface area contributed by atoms with Gasteiger partial charge in [-0.05, 0) is 26.7 Å². The molecule has 1 saturated carbocycles. The lowest BCUT2D eigenvalue weighted by molar-refractivity contribution is -0.127. The Balaban J connectivity index is 2.03. The van der Waals surface area contributed by atoms with E-state index in [4.69, 9.17) is 0 Å². The Labute approximate surface area is 93.0 Å². The predicted octanol–water partition coefficient (Wildman–Crippen LogP) is 2.76. The zero-order chi connectivity index (χ0) is 10.9. The summed E-state index contributed by atoms with van der Waals surface area (Å²) in [6, 6.07) is 0.752. The average molecular weight is 209 g/mol. The van der Waals surface area contributed by atoms with Gasteiger partial charge in [-0.2, -0.15) is 0 Å². The zero-order valence-electron chi connectivity index (χ0n) is 10.1. The van der Waals surface area contributed by atoms with Gasteiger partial charge in [0.25, 0.3) is 0 Å². The molecule has 2 rings (SSSR count). The van der Waals surface area contributed by atoms with Crippen LogP contribution in [0.5, 0.6) is 0 Å². The van der Waals surface area contributed by atoms with Gasteiger partial charge in [-0.15, -0.1) is 0 Å². The zero-order valence-corrected chi connectivity index (χ0v) is 10.1. The van der Waals surface area contributed by atoms with Gasteiger partial charge in [0.2, 0.25) is 0 Å². The normalized spacial score (nSPS) is 29.3. The summed E-state index contributed by atoms with van der Waals surface area (Å²) in [5.41, 5.74) is 0.108. The Morgan fingerprint density at radius 2 is 1.87 bits per heavy atom. The highest BCUT2D eigenvalue weighted by molar-refractivity contribution is 5.80. The first-order valence-electron chi connectivity index (χ1n) is 6.38. The predicted molar refractivity (Wildman–Crippen MR) is 61.9 cm³/mol. The van der Waals surface area contributed by atoms with E-state index in [9.17, 15) is 4.79 Å². The average Bonchev–Trinajstić information content (AvgIpc) is 2.17. The lowest BCUT2D eigenvalue weighted by atomic mass is 9.84. The Bertz CT molecular complexity index is 241.